The first-order valence-electron chi connectivity index (χ1n) is 7.87. The monoisotopic (exact) mass is 306 g/mol. The second-order valence-corrected chi connectivity index (χ2v) is 6.50. The van der Waals surface area contributed by atoms with Crippen LogP contribution < -0.4 is 4.90 Å². The maximum Gasteiger partial charge on any atom is 0.154 e. The Morgan fingerprint density at radius 1 is 1.38 bits per heavy atom. The molecule has 0 radical (unpaired) electrons. The Bertz CT molecular complexity index is 601. The van der Waals surface area contributed by atoms with Gasteiger partial charge in [0.05, 0.1) is 5.69 Å². The van der Waals surface area contributed by atoms with Gasteiger partial charge in [0.25, 0.3) is 0 Å². The number of hydrogen-bond donors (Lipinski definition) is 0. The summed E-state index contributed by atoms with van der Waals surface area (Å²) in [6.45, 7) is 5.19. The number of alkyl halides is 1. The molecule has 21 heavy (non-hydrogen) atoms. The molecule has 0 bridgehead atoms. The van der Waals surface area contributed by atoms with Crippen LogP contribution in [0.2, 0.25) is 0 Å². The predicted molar refractivity (Wildman–Crippen MR) is 87.4 cm³/mol. The number of fused-ring (bicyclic) bond motifs is 1. The quantitative estimate of drug-likeness (QED) is 0.787. The van der Waals surface area contributed by atoms with Crippen molar-refractivity contribution >= 4 is 22.9 Å². The van der Waals surface area contributed by atoms with Crippen molar-refractivity contribution in [2.24, 2.45) is 0 Å². The highest BCUT2D eigenvalue weighted by Crippen LogP contribution is 2.30. The lowest BCUT2D eigenvalue weighted by atomic mass is 10.1. The summed E-state index contributed by atoms with van der Waals surface area (Å²) in [7, 11) is 0. The van der Waals surface area contributed by atoms with Crippen LogP contribution in [0.5, 0.6) is 0 Å². The highest BCUT2D eigenvalue weighted by atomic mass is 35.5. The van der Waals surface area contributed by atoms with Gasteiger partial charge < -0.3 is 4.90 Å². The molecule has 5 heteroatoms. The predicted octanol–water partition coefficient (Wildman–Crippen LogP) is 3.84. The van der Waals surface area contributed by atoms with E-state index < -0.39 is 0 Å². The lowest BCUT2D eigenvalue weighted by Gasteiger charge is -2.29. The molecule has 0 atom stereocenters. The van der Waals surface area contributed by atoms with Crippen LogP contribution in [0.4, 0.5) is 5.82 Å². The van der Waals surface area contributed by atoms with Crippen molar-refractivity contribution in [2.45, 2.75) is 51.5 Å². The van der Waals surface area contributed by atoms with Crippen molar-refractivity contribution in [3.05, 3.63) is 24.2 Å². The third kappa shape index (κ3) is 2.86. The minimum atomic E-state index is 0.422. The zero-order chi connectivity index (χ0) is 14.8. The normalized spacial score (nSPS) is 16.2. The fourth-order valence-electron chi connectivity index (χ4n) is 3.20. The minimum Gasteiger partial charge on any atom is -0.351 e. The van der Waals surface area contributed by atoms with Crippen molar-refractivity contribution in [3.8, 4) is 0 Å². The molecule has 2 aromatic heterocycles. The number of hydrogen-bond acceptors (Lipinski definition) is 3. The summed E-state index contributed by atoms with van der Waals surface area (Å²) < 4.78 is 1.95. The summed E-state index contributed by atoms with van der Waals surface area (Å²) in [5.41, 5.74) is 2.21. The highest BCUT2D eigenvalue weighted by molar-refractivity contribution is 6.18. The van der Waals surface area contributed by atoms with Gasteiger partial charge in [-0.1, -0.05) is 26.7 Å². The molecule has 114 valence electrons. The van der Waals surface area contributed by atoms with Crippen molar-refractivity contribution in [1.29, 1.82) is 0 Å². The third-order valence-corrected chi connectivity index (χ3v) is 4.51. The molecule has 0 aliphatic heterocycles. The van der Waals surface area contributed by atoms with E-state index in [-0.39, 0.29) is 0 Å². The lowest BCUT2D eigenvalue weighted by Crippen LogP contribution is -2.35. The van der Waals surface area contributed by atoms with Gasteiger partial charge in [-0.3, -0.25) is 0 Å². The van der Waals surface area contributed by atoms with Crippen molar-refractivity contribution in [3.63, 3.8) is 0 Å². The van der Waals surface area contributed by atoms with E-state index >= 15 is 0 Å². The van der Waals surface area contributed by atoms with Crippen molar-refractivity contribution < 1.29 is 0 Å². The molecule has 1 aliphatic carbocycles. The van der Waals surface area contributed by atoms with Crippen LogP contribution in [0.15, 0.2) is 18.5 Å². The molecule has 3 rings (SSSR count). The van der Waals surface area contributed by atoms with Crippen LogP contribution in [0.1, 0.15) is 51.1 Å². The van der Waals surface area contributed by atoms with E-state index in [2.05, 4.69) is 34.9 Å². The molecule has 0 saturated heterocycles. The fraction of sp³-hybridized carbons (Fsp3) is 0.625. The molecular weight excluding hydrogens is 284 g/mol. The van der Waals surface area contributed by atoms with Gasteiger partial charge in [0.2, 0.25) is 0 Å². The van der Waals surface area contributed by atoms with E-state index in [0.29, 0.717) is 17.8 Å². The van der Waals surface area contributed by atoms with E-state index in [1.54, 1.807) is 0 Å². The third-order valence-electron chi connectivity index (χ3n) is 4.34. The van der Waals surface area contributed by atoms with Gasteiger partial charge in [-0.2, -0.15) is 5.10 Å². The molecule has 2 aromatic rings. The number of nitrogens with zero attached hydrogens (tertiary/aromatic N) is 4. The van der Waals surface area contributed by atoms with Gasteiger partial charge in [-0.25, -0.2) is 9.50 Å². The number of rotatable bonds is 5. The van der Waals surface area contributed by atoms with E-state index in [1.165, 1.54) is 25.7 Å². The van der Waals surface area contributed by atoms with E-state index in [9.17, 15) is 0 Å². The standard InChI is InChI=1S/C16H23ClN4/c1-12(2)14-11-15-16(18-8-10-21(15)19-14)20(9-7-17)13-5-3-4-6-13/h8,10-13H,3-7,9H2,1-2H3. The van der Waals surface area contributed by atoms with E-state index in [0.717, 1.165) is 23.6 Å². The largest absolute Gasteiger partial charge is 0.351 e. The zero-order valence-corrected chi connectivity index (χ0v) is 13.6. The fourth-order valence-corrected chi connectivity index (χ4v) is 3.38. The zero-order valence-electron chi connectivity index (χ0n) is 12.8. The Morgan fingerprint density at radius 3 is 2.81 bits per heavy atom. The summed E-state index contributed by atoms with van der Waals surface area (Å²) in [6, 6.07) is 2.74. The van der Waals surface area contributed by atoms with Crippen LogP contribution in [0.25, 0.3) is 5.52 Å². The Hall–Kier alpha value is -1.29. The maximum atomic E-state index is 6.04. The Kier molecular flexibility index (Phi) is 4.34. The second kappa shape index (κ2) is 6.22. The molecule has 0 aromatic carbocycles. The number of anilines is 1. The number of halogens is 1. The smallest absolute Gasteiger partial charge is 0.154 e. The topological polar surface area (TPSA) is 33.4 Å². The summed E-state index contributed by atoms with van der Waals surface area (Å²) in [6.07, 6.45) is 8.87. The van der Waals surface area contributed by atoms with Crippen molar-refractivity contribution in [2.75, 3.05) is 17.3 Å². The van der Waals surface area contributed by atoms with Crippen LogP contribution in [0.3, 0.4) is 0 Å². The minimum absolute atomic E-state index is 0.422. The molecule has 1 aliphatic rings. The molecule has 0 spiro atoms. The van der Waals surface area contributed by atoms with Gasteiger partial charge in [0.15, 0.2) is 5.82 Å². The van der Waals surface area contributed by atoms with E-state index in [4.69, 9.17) is 11.6 Å². The van der Waals surface area contributed by atoms with Gasteiger partial charge in [-0.15, -0.1) is 11.6 Å². The SMILES string of the molecule is CC(C)c1cc2c(N(CCCl)C3CCCC3)nccn2n1. The summed E-state index contributed by atoms with van der Waals surface area (Å²) in [4.78, 5) is 7.04. The van der Waals surface area contributed by atoms with Gasteiger partial charge in [-0.05, 0) is 24.8 Å². The molecule has 0 unspecified atom stereocenters. The molecule has 0 amide bonds. The van der Waals surface area contributed by atoms with E-state index in [1.807, 2.05) is 16.9 Å². The Labute approximate surface area is 131 Å². The maximum absolute atomic E-state index is 6.04. The summed E-state index contributed by atoms with van der Waals surface area (Å²) in [5, 5.41) is 4.66. The van der Waals surface area contributed by atoms with Crippen LogP contribution in [0, 0.1) is 0 Å². The molecule has 2 heterocycles. The average Bonchev–Trinajstić information content (AvgIpc) is 3.13. The Morgan fingerprint density at radius 2 is 2.14 bits per heavy atom. The van der Waals surface area contributed by atoms with Crippen LogP contribution in [-0.4, -0.2) is 33.1 Å². The first-order chi connectivity index (χ1) is 10.2. The molecular formula is C16H23ClN4. The summed E-state index contributed by atoms with van der Waals surface area (Å²) in [5.74, 6) is 2.08. The lowest BCUT2D eigenvalue weighted by molar-refractivity contribution is 0.614. The number of aromatic nitrogens is 3. The van der Waals surface area contributed by atoms with Gasteiger partial charge in [0, 0.05) is 30.9 Å². The van der Waals surface area contributed by atoms with Crippen LogP contribution >= 0.6 is 11.6 Å². The first kappa shape index (κ1) is 14.6. The Balaban J connectivity index is 2.03. The average molecular weight is 307 g/mol. The second-order valence-electron chi connectivity index (χ2n) is 6.13. The highest BCUT2D eigenvalue weighted by Gasteiger charge is 2.25. The molecule has 1 fully saturated rings. The molecule has 0 N–H and O–H groups in total. The summed E-state index contributed by atoms with van der Waals surface area (Å²) >= 11 is 6.04. The molecule has 4 nitrogen and oxygen atoms in total. The first-order valence-corrected chi connectivity index (χ1v) is 8.41. The van der Waals surface area contributed by atoms with Crippen LogP contribution in [-0.2, 0) is 0 Å². The van der Waals surface area contributed by atoms with Crippen molar-refractivity contribution in [1.82, 2.24) is 14.6 Å². The van der Waals surface area contributed by atoms with Gasteiger partial charge in [0.1, 0.15) is 5.52 Å². The van der Waals surface area contributed by atoms with Gasteiger partial charge >= 0.3 is 0 Å². The molecule has 1 saturated carbocycles.